The van der Waals surface area contributed by atoms with E-state index in [1.54, 1.807) is 6.20 Å². The summed E-state index contributed by atoms with van der Waals surface area (Å²) in [4.78, 5) is 9.76. The molecular weight excluding hydrogens is 1100 g/mol. The number of nitrogens with zero attached hydrogens (tertiary/aromatic N) is 3. The predicted octanol–water partition coefficient (Wildman–Crippen LogP) is 19.6. The van der Waals surface area contributed by atoms with E-state index < -0.39 is 11.8 Å². The van der Waals surface area contributed by atoms with Crippen molar-refractivity contribution in [3.63, 3.8) is 0 Å². The Hall–Kier alpha value is -7.95. The van der Waals surface area contributed by atoms with Crippen molar-refractivity contribution in [1.82, 2.24) is 14.5 Å². The second-order valence-electron chi connectivity index (χ2n) is 21.3. The maximum Gasteiger partial charge on any atom is 0.121 e. The minimum Gasteiger partial charge on any atom is -0.501 e. The van der Waals surface area contributed by atoms with Crippen molar-refractivity contribution in [2.45, 2.75) is 66.7 Å². The summed E-state index contributed by atoms with van der Waals surface area (Å²) in [5.41, 5.74) is 15.0. The van der Waals surface area contributed by atoms with Crippen molar-refractivity contribution in [3.05, 3.63) is 235 Å². The van der Waals surface area contributed by atoms with Gasteiger partial charge in [-0.05, 0) is 143 Å². The first-order valence-corrected chi connectivity index (χ1v) is 26.1. The van der Waals surface area contributed by atoms with E-state index >= 15 is 0 Å². The molecule has 13 aromatic rings. The molecule has 13 rings (SSSR count). The number of fused-ring (bicyclic) bond motifs is 10. The van der Waals surface area contributed by atoms with Crippen LogP contribution in [0.25, 0.3) is 116 Å². The number of furan rings is 1. The molecule has 3 heterocycles. The Bertz CT molecular complexity index is 4300. The molecule has 0 saturated heterocycles. The minimum atomic E-state index is -1.40. The Morgan fingerprint density at radius 3 is 1.80 bits per heavy atom. The maximum atomic E-state index is 8.21. The molecule has 5 heteroatoms. The van der Waals surface area contributed by atoms with Crippen LogP contribution in [0.5, 0.6) is 0 Å². The molecule has 0 atom stereocenters. The van der Waals surface area contributed by atoms with Gasteiger partial charge in [0, 0.05) is 40.1 Å². The second kappa shape index (κ2) is 20.6. The van der Waals surface area contributed by atoms with Gasteiger partial charge in [-0.25, -0.2) is 0 Å². The van der Waals surface area contributed by atoms with Crippen LogP contribution >= 0.6 is 0 Å². The molecule has 375 valence electrons. The van der Waals surface area contributed by atoms with Crippen LogP contribution in [0.1, 0.15) is 79.7 Å². The Kier molecular flexibility index (Phi) is 13.0. The fourth-order valence-corrected chi connectivity index (χ4v) is 10.8. The summed E-state index contributed by atoms with van der Waals surface area (Å²) in [6.45, 7) is 14.9. The van der Waals surface area contributed by atoms with Crippen LogP contribution in [0.15, 0.2) is 211 Å². The van der Waals surface area contributed by atoms with E-state index in [4.69, 9.17) is 12.1 Å². The van der Waals surface area contributed by atoms with Gasteiger partial charge in [-0.1, -0.05) is 181 Å². The van der Waals surface area contributed by atoms with Gasteiger partial charge in [0.05, 0.1) is 22.4 Å². The van der Waals surface area contributed by atoms with Crippen LogP contribution in [0.4, 0.5) is 0 Å². The van der Waals surface area contributed by atoms with E-state index in [2.05, 4.69) is 207 Å². The van der Waals surface area contributed by atoms with E-state index in [0.717, 1.165) is 55.6 Å². The second-order valence-corrected chi connectivity index (χ2v) is 21.3. The molecule has 0 aliphatic heterocycles. The summed E-state index contributed by atoms with van der Waals surface area (Å²) in [6.07, 6.45) is 0.223. The van der Waals surface area contributed by atoms with Crippen LogP contribution in [0.3, 0.4) is 0 Å². The molecule has 10 aromatic carbocycles. The molecule has 0 saturated carbocycles. The van der Waals surface area contributed by atoms with Crippen molar-refractivity contribution in [2.24, 2.45) is 5.41 Å². The standard InChI is InChI=1S/C55H41N2O.C16H18N.Ir/c1-33(2)44-29-38(36-18-9-6-10-19-36)30-45(34(3)4)53(44)57-51-25-14-13-24-50(51)56-55(57)43-23-15-22-42-49-31-47-40-21-12-11-20-39(40)46-28-37(35-16-7-5-8-17-35)26-27-41(46)48(47)32-52(49)58-54(42)43;1-16(2,3)11-13-9-10-15(17-12-13)14-7-5-4-6-8-14;/h5-22,24-34H,1-4H3;4-7,9-10,12H,11H2,1-3H3;/q2*-1;/i;11D2;. The normalized spacial score (nSPS) is 12.4. The number of hydrogen-bond acceptors (Lipinski definition) is 3. The molecule has 0 spiro atoms. The van der Waals surface area contributed by atoms with E-state index in [0.29, 0.717) is 5.56 Å². The first-order valence-electron chi connectivity index (χ1n) is 27.1. The summed E-state index contributed by atoms with van der Waals surface area (Å²) >= 11 is 0. The molecule has 76 heavy (non-hydrogen) atoms. The summed E-state index contributed by atoms with van der Waals surface area (Å²) in [7, 11) is 0. The Labute approximate surface area is 462 Å². The van der Waals surface area contributed by atoms with E-state index in [1.807, 2.05) is 63.2 Å². The zero-order chi connectivity index (χ0) is 53.2. The van der Waals surface area contributed by atoms with Gasteiger partial charge in [-0.2, -0.15) is 0 Å². The Morgan fingerprint density at radius 1 is 0.539 bits per heavy atom. The van der Waals surface area contributed by atoms with Crippen molar-refractivity contribution < 1.29 is 27.3 Å². The fourth-order valence-electron chi connectivity index (χ4n) is 10.8. The van der Waals surface area contributed by atoms with Gasteiger partial charge in [0.15, 0.2) is 0 Å². The zero-order valence-corrected chi connectivity index (χ0v) is 46.3. The number of pyridine rings is 1. The Balaban J connectivity index is 0.000000274. The molecule has 4 nitrogen and oxygen atoms in total. The maximum absolute atomic E-state index is 8.21. The zero-order valence-electron chi connectivity index (χ0n) is 45.9. The molecule has 1 radical (unpaired) electrons. The fraction of sp³-hybridized carbons (Fsp3) is 0.155. The van der Waals surface area contributed by atoms with E-state index in [-0.39, 0.29) is 31.9 Å². The summed E-state index contributed by atoms with van der Waals surface area (Å²) in [5, 5.41) is 9.47. The van der Waals surface area contributed by atoms with E-state index in [1.165, 1.54) is 71.4 Å². The predicted molar refractivity (Wildman–Crippen MR) is 316 cm³/mol. The van der Waals surface area contributed by atoms with Gasteiger partial charge >= 0.3 is 0 Å². The SMILES string of the molecule is CC(C)c1cc(-c2ccccc2)cc(C(C)C)c1-n1c(-c2[c-]ccc3c2oc2cc4c5ccc(-c6ccccc6)cc5c5ccccc5c4cc23)nc2ccccc21.[2H]C([2H])(c1ccc(-c2[c-]cccc2)nc1)C(C)(C)C.[Ir]. The molecular formula is C71H59IrN3O-2. The van der Waals surface area contributed by atoms with Crippen molar-refractivity contribution in [1.29, 1.82) is 0 Å². The van der Waals surface area contributed by atoms with Gasteiger partial charge in [-0.15, -0.1) is 54.1 Å². The number of imidazole rings is 1. The molecule has 0 aliphatic rings. The first-order chi connectivity index (χ1) is 37.2. The monoisotopic (exact) mass is 1160 g/mol. The van der Waals surface area contributed by atoms with Crippen LogP contribution in [-0.4, -0.2) is 14.5 Å². The number of rotatable bonds is 8. The quantitative estimate of drug-likeness (QED) is 0.112. The molecule has 0 unspecified atom stereocenters. The number of benzene rings is 10. The van der Waals surface area contributed by atoms with Gasteiger partial charge in [-0.3, -0.25) is 4.98 Å². The van der Waals surface area contributed by atoms with Gasteiger partial charge in [0.2, 0.25) is 0 Å². The molecule has 3 aromatic heterocycles. The summed E-state index contributed by atoms with van der Waals surface area (Å²) in [5.74, 6) is 1.35. The van der Waals surface area contributed by atoms with Crippen LogP contribution in [0.2, 0.25) is 0 Å². The van der Waals surface area contributed by atoms with Gasteiger partial charge in [0.25, 0.3) is 0 Å². The summed E-state index contributed by atoms with van der Waals surface area (Å²) < 4.78 is 25.8. The molecule has 0 aliphatic carbocycles. The van der Waals surface area contributed by atoms with Crippen LogP contribution in [0, 0.1) is 17.5 Å². The third kappa shape index (κ3) is 9.44. The van der Waals surface area contributed by atoms with Crippen molar-refractivity contribution in [2.75, 3.05) is 0 Å². The Morgan fingerprint density at radius 2 is 1.16 bits per heavy atom. The molecule has 0 amide bonds. The average molecular weight is 1160 g/mol. The summed E-state index contributed by atoms with van der Waals surface area (Å²) in [6, 6.07) is 77.1. The third-order valence-electron chi connectivity index (χ3n) is 14.3. The minimum absolute atomic E-state index is 0. The van der Waals surface area contributed by atoms with E-state index in [9.17, 15) is 0 Å². The van der Waals surface area contributed by atoms with Crippen LogP contribution < -0.4 is 0 Å². The van der Waals surface area contributed by atoms with Crippen LogP contribution in [-0.2, 0) is 26.5 Å². The largest absolute Gasteiger partial charge is 0.501 e. The molecule has 0 N–H and O–H groups in total. The number of para-hydroxylation sites is 2. The third-order valence-corrected chi connectivity index (χ3v) is 14.3. The van der Waals surface area contributed by atoms with Gasteiger partial charge < -0.3 is 14.0 Å². The number of hydrogen-bond donors (Lipinski definition) is 0. The first kappa shape index (κ1) is 47.7. The number of aromatic nitrogens is 3. The molecule has 0 fully saturated rings. The van der Waals surface area contributed by atoms with Gasteiger partial charge in [0.1, 0.15) is 5.58 Å². The topological polar surface area (TPSA) is 43.9 Å². The van der Waals surface area contributed by atoms with Crippen molar-refractivity contribution in [3.8, 4) is 50.6 Å². The smallest absolute Gasteiger partial charge is 0.121 e. The molecule has 0 bridgehead atoms. The van der Waals surface area contributed by atoms with Crippen molar-refractivity contribution >= 4 is 65.3 Å². The average Bonchev–Trinajstić information content (AvgIpc) is 4.21.